The van der Waals surface area contributed by atoms with Crippen molar-refractivity contribution in [3.8, 4) is 0 Å². The second-order valence-corrected chi connectivity index (χ2v) is 31.9. The van der Waals surface area contributed by atoms with Crippen LogP contribution in [0.5, 0.6) is 0 Å². The van der Waals surface area contributed by atoms with Crippen molar-refractivity contribution in [2.24, 2.45) is 94.7 Å². The molecule has 0 spiro atoms. The zero-order valence-corrected chi connectivity index (χ0v) is 62.9. The molecule has 0 saturated heterocycles. The van der Waals surface area contributed by atoms with Crippen LogP contribution in [0.4, 0.5) is 0 Å². The van der Waals surface area contributed by atoms with Crippen LogP contribution in [-0.4, -0.2) is 16.4 Å². The molecule has 0 aromatic heterocycles. The third-order valence-corrected chi connectivity index (χ3v) is 21.8. The largest absolute Gasteiger partial charge is 0.412 e. The quantitative estimate of drug-likeness (QED) is 0.214. The van der Waals surface area contributed by atoms with Crippen LogP contribution in [-0.2, 0) is 0 Å². The third kappa shape index (κ3) is 46.3. The minimum absolute atomic E-state index is 0. The van der Waals surface area contributed by atoms with Gasteiger partial charge in [-0.05, 0) is 185 Å². The van der Waals surface area contributed by atoms with Crippen molar-refractivity contribution in [3.05, 3.63) is 105 Å². The summed E-state index contributed by atoms with van der Waals surface area (Å²) in [5.41, 5.74) is 10.9. The minimum atomic E-state index is 0. The van der Waals surface area contributed by atoms with Gasteiger partial charge < -0.3 is 16.4 Å². The van der Waals surface area contributed by atoms with Crippen molar-refractivity contribution >= 4 is 0 Å². The van der Waals surface area contributed by atoms with Gasteiger partial charge in [0.25, 0.3) is 0 Å². The summed E-state index contributed by atoms with van der Waals surface area (Å²) in [7, 11) is 0. The van der Waals surface area contributed by atoms with Crippen LogP contribution in [0.3, 0.4) is 0 Å². The zero-order valence-electron chi connectivity index (χ0n) is 62.9. The molecule has 0 bridgehead atoms. The zero-order chi connectivity index (χ0) is 63.3. The van der Waals surface area contributed by atoms with E-state index in [0.717, 1.165) is 94.7 Å². The number of hydrogen-bond acceptors (Lipinski definition) is 0. The maximum atomic E-state index is 2.39. The molecule has 7 aliphatic carbocycles. The van der Waals surface area contributed by atoms with Gasteiger partial charge in [0, 0.05) is 2.85 Å². The molecule has 0 radical (unpaired) electrons. The molecule has 6 N–H and O–H groups in total. The van der Waals surface area contributed by atoms with Gasteiger partial charge in [-0.2, -0.15) is 0 Å². The van der Waals surface area contributed by atoms with E-state index < -0.39 is 0 Å². The Morgan fingerprint density at radius 2 is 0.356 bits per heavy atom. The highest BCUT2D eigenvalue weighted by molar-refractivity contribution is 5.29. The van der Waals surface area contributed by atoms with E-state index in [1.807, 2.05) is 0 Å². The molecule has 0 aliphatic heterocycles. The number of aryl methyl sites for hydroxylation is 8. The molecule has 3 heteroatoms. The summed E-state index contributed by atoms with van der Waals surface area (Å²) < 4.78 is 0. The topological polar surface area (TPSA) is 94.5 Å². The first-order chi connectivity index (χ1) is 39.5. The first kappa shape index (κ1) is 88.7. The lowest BCUT2D eigenvalue weighted by Crippen LogP contribution is -2.18. The molecular formula is C84H160O3. The molecule has 514 valence electrons. The molecule has 6 atom stereocenters. The monoisotopic (exact) mass is 1220 g/mol. The van der Waals surface area contributed by atoms with Crippen molar-refractivity contribution < 1.29 is 19.3 Å². The molecular weight excluding hydrogens is 1060 g/mol. The molecule has 6 unspecified atom stereocenters. The lowest BCUT2D eigenvalue weighted by atomic mass is 9.77. The molecule has 0 heterocycles. The maximum absolute atomic E-state index is 2.39. The number of hydrogen-bond donors (Lipinski definition) is 0. The van der Waals surface area contributed by atoms with Gasteiger partial charge in [-0.1, -0.05) is 348 Å². The van der Waals surface area contributed by atoms with E-state index in [1.54, 1.807) is 0 Å². The molecule has 7 aliphatic rings. The van der Waals surface area contributed by atoms with Crippen molar-refractivity contribution in [1.82, 2.24) is 0 Å². The first-order valence-electron chi connectivity index (χ1n) is 36.6. The second-order valence-electron chi connectivity index (χ2n) is 31.9. The Morgan fingerprint density at radius 1 is 0.195 bits per heavy atom. The van der Waals surface area contributed by atoms with E-state index in [0.29, 0.717) is 0 Å². The molecule has 0 amide bonds. The van der Waals surface area contributed by atoms with Gasteiger partial charge in [0.1, 0.15) is 0 Å². The Bertz CT molecular complexity index is 1750. The minimum Gasteiger partial charge on any atom is -0.412 e. The highest BCUT2D eigenvalue weighted by Gasteiger charge is 2.22. The Balaban J connectivity index is -0.000000292. The van der Waals surface area contributed by atoms with Gasteiger partial charge in [-0.3, -0.25) is 0 Å². The van der Waals surface area contributed by atoms with Crippen LogP contribution in [0.15, 0.2) is 60.7 Å². The van der Waals surface area contributed by atoms with Crippen LogP contribution in [0.1, 0.15) is 325 Å². The summed E-state index contributed by atoms with van der Waals surface area (Å²) in [5, 5.41) is 0. The summed E-state index contributed by atoms with van der Waals surface area (Å²) in [4.78, 5) is 0. The van der Waals surface area contributed by atoms with Crippen LogP contribution in [0.25, 0.3) is 0 Å². The number of rotatable bonds is 0. The van der Waals surface area contributed by atoms with Crippen LogP contribution >= 0.6 is 0 Å². The Hall–Kier alpha value is -2.46. The average Bonchev–Trinajstić information content (AvgIpc) is 3.57. The molecule has 7 saturated carbocycles. The average molecular weight is 1220 g/mol. The van der Waals surface area contributed by atoms with Crippen molar-refractivity contribution in [2.45, 2.75) is 333 Å². The maximum Gasteiger partial charge on any atom is 0 e. The van der Waals surface area contributed by atoms with Gasteiger partial charge >= 0.3 is 0 Å². The predicted molar refractivity (Wildman–Crippen MR) is 399 cm³/mol. The summed E-state index contributed by atoms with van der Waals surface area (Å²) in [5.74, 6) is 16.1. The summed E-state index contributed by atoms with van der Waals surface area (Å²) in [6.07, 6.45) is 38.2. The van der Waals surface area contributed by atoms with E-state index in [2.05, 4.69) is 227 Å². The standard InChI is InChI=1S/2C9H18.2C9H12.5C8H16.C8H10.3H2O.2H2/c4*1-7-4-5-8(2)9(3)6-7;6*1-7-3-5-8(2)6-4-7;;;;;/h2*7-9H,4-6H2,1-3H3;2*4-6H,1-3H3;5*7-8H,3-6H2,1-2H3;3-6H,1-2H3;3*1H2;2*1H. The second kappa shape index (κ2) is 51.1. The Morgan fingerprint density at radius 3 is 0.494 bits per heavy atom. The first-order valence-corrected chi connectivity index (χ1v) is 36.6. The fourth-order valence-corrected chi connectivity index (χ4v) is 13.2. The van der Waals surface area contributed by atoms with Gasteiger partial charge in [-0.15, -0.1) is 0 Å². The number of benzene rings is 3. The molecule has 3 aromatic carbocycles. The molecule has 10 rings (SSSR count). The molecule has 7 fully saturated rings. The van der Waals surface area contributed by atoms with Gasteiger partial charge in [0.15, 0.2) is 0 Å². The summed E-state index contributed by atoms with van der Waals surface area (Å²) in [6.45, 7) is 55.0. The van der Waals surface area contributed by atoms with Gasteiger partial charge in [0.2, 0.25) is 0 Å². The highest BCUT2D eigenvalue weighted by atomic mass is 16.0. The van der Waals surface area contributed by atoms with Crippen LogP contribution in [0, 0.1) is 150 Å². The Labute approximate surface area is 549 Å². The lowest BCUT2D eigenvalue weighted by Gasteiger charge is -2.29. The van der Waals surface area contributed by atoms with Gasteiger partial charge in [0.05, 0.1) is 0 Å². The third-order valence-electron chi connectivity index (χ3n) is 21.8. The smallest absolute Gasteiger partial charge is 0 e. The summed E-state index contributed by atoms with van der Waals surface area (Å²) in [6, 6.07) is 21.5. The van der Waals surface area contributed by atoms with Gasteiger partial charge in [-0.25, -0.2) is 0 Å². The van der Waals surface area contributed by atoms with Crippen LogP contribution in [0.2, 0.25) is 0 Å². The van der Waals surface area contributed by atoms with E-state index in [4.69, 9.17) is 0 Å². The SMILES string of the molecule is CC1CCC(C)C(C)C1.CC1CCC(C)C(C)C1.CC1CCC(C)CC1.CC1CCC(C)CC1.CC1CCC(C)CC1.CC1CCC(C)CC1.CC1CCC(C)CC1.Cc1ccc(C)c(C)c1.Cc1ccc(C)c(C)c1.Cc1ccc(C)cc1.O.O.O.[HH].[HH]. The van der Waals surface area contributed by atoms with Crippen molar-refractivity contribution in [1.29, 1.82) is 0 Å². The van der Waals surface area contributed by atoms with Crippen LogP contribution < -0.4 is 0 Å². The molecule has 87 heavy (non-hydrogen) atoms. The molecule has 3 aromatic rings. The van der Waals surface area contributed by atoms with E-state index in [1.165, 1.54) is 211 Å². The molecule has 3 nitrogen and oxygen atoms in total. The summed E-state index contributed by atoms with van der Waals surface area (Å²) >= 11 is 0. The van der Waals surface area contributed by atoms with E-state index in [9.17, 15) is 0 Å². The fourth-order valence-electron chi connectivity index (χ4n) is 13.2. The Kier molecular flexibility index (Phi) is 52.1. The van der Waals surface area contributed by atoms with E-state index >= 15 is 0 Å². The lowest BCUT2D eigenvalue weighted by molar-refractivity contribution is 0.220. The van der Waals surface area contributed by atoms with E-state index in [-0.39, 0.29) is 19.3 Å². The normalized spacial score (nSPS) is 30.4. The van der Waals surface area contributed by atoms with Crippen molar-refractivity contribution in [3.63, 3.8) is 0 Å². The highest BCUT2D eigenvalue weighted by Crippen LogP contribution is 2.35. The predicted octanol–water partition coefficient (Wildman–Crippen LogP) is 25.9. The van der Waals surface area contributed by atoms with Crippen molar-refractivity contribution in [2.75, 3.05) is 0 Å². The fraction of sp³-hybridized carbons (Fsp3) is 0.786.